The quantitative estimate of drug-likeness (QED) is 0.622. The van der Waals surface area contributed by atoms with Crippen molar-refractivity contribution in [1.29, 1.82) is 0 Å². The first-order valence-electron chi connectivity index (χ1n) is 3.10. The van der Waals surface area contributed by atoms with Crippen LogP contribution in [-0.2, 0) is 0 Å². The van der Waals surface area contributed by atoms with Gasteiger partial charge >= 0.3 is 0 Å². The zero-order valence-corrected chi connectivity index (χ0v) is 8.12. The zero-order chi connectivity index (χ0) is 8.43. The van der Waals surface area contributed by atoms with Crippen LogP contribution in [0.25, 0.3) is 0 Å². The second kappa shape index (κ2) is 3.21. The minimum Gasteiger partial charge on any atom is -0.507 e. The summed E-state index contributed by atoms with van der Waals surface area (Å²) in [7, 11) is 0. The number of aromatic hydroxyl groups is 1. The lowest BCUT2D eigenvalue weighted by atomic mass is 10.1. The van der Waals surface area contributed by atoms with Crippen molar-refractivity contribution in [1.82, 2.24) is 0 Å². The molecule has 0 heterocycles. The van der Waals surface area contributed by atoms with Gasteiger partial charge in [-0.15, -0.1) is 0 Å². The number of phenolic OH excluding ortho intramolecular Hbond substituents is 1. The van der Waals surface area contributed by atoms with Crippen LogP contribution >= 0.6 is 22.6 Å². The molecule has 0 aliphatic rings. The minimum absolute atomic E-state index is 0.0509. The second-order valence-corrected chi connectivity index (χ2v) is 3.27. The van der Waals surface area contributed by atoms with Crippen molar-refractivity contribution in [3.63, 3.8) is 0 Å². The van der Waals surface area contributed by atoms with E-state index in [0.717, 1.165) is 5.56 Å². The molecule has 0 saturated carbocycles. The van der Waals surface area contributed by atoms with Crippen LogP contribution in [0, 0.1) is 6.92 Å². The van der Waals surface area contributed by atoms with E-state index in [1.165, 1.54) is 6.07 Å². The van der Waals surface area contributed by atoms with E-state index in [4.69, 9.17) is 0 Å². The second-order valence-electron chi connectivity index (χ2n) is 2.29. The molecule has 0 spiro atoms. The van der Waals surface area contributed by atoms with Crippen LogP contribution in [-0.4, -0.2) is 8.90 Å². The molecule has 1 N–H and O–H groups in total. The summed E-state index contributed by atoms with van der Waals surface area (Å²) < 4.78 is -0.135. The first-order valence-corrected chi connectivity index (χ1v) is 4.18. The maximum absolute atomic E-state index is 10.8. The Balaban J connectivity index is 3.23. The van der Waals surface area contributed by atoms with Gasteiger partial charge in [0.15, 0.2) is 0 Å². The molecule has 0 unspecified atom stereocenters. The number of aryl methyl sites for hydroxylation is 1. The molecule has 0 aromatic heterocycles. The number of rotatable bonds is 1. The van der Waals surface area contributed by atoms with Gasteiger partial charge in [-0.1, -0.05) is 11.6 Å². The Labute approximate surface area is 78.4 Å². The number of benzene rings is 1. The van der Waals surface area contributed by atoms with Gasteiger partial charge in [0.2, 0.25) is 3.79 Å². The molecule has 2 nitrogen and oxygen atoms in total. The van der Waals surface area contributed by atoms with Crippen molar-refractivity contribution >= 4 is 26.4 Å². The lowest BCUT2D eigenvalue weighted by molar-refractivity contribution is 0.110. The monoisotopic (exact) mass is 262 g/mol. The molecular formula is C8H7IO2. The molecular weight excluding hydrogens is 255 g/mol. The summed E-state index contributed by atoms with van der Waals surface area (Å²) in [6, 6.07) is 4.96. The van der Waals surface area contributed by atoms with E-state index in [1.807, 2.05) is 6.92 Å². The van der Waals surface area contributed by atoms with E-state index in [2.05, 4.69) is 0 Å². The largest absolute Gasteiger partial charge is 0.507 e. The van der Waals surface area contributed by atoms with Crippen LogP contribution in [0.2, 0.25) is 0 Å². The third-order valence-electron chi connectivity index (χ3n) is 1.36. The van der Waals surface area contributed by atoms with Crippen LogP contribution in [0.1, 0.15) is 15.9 Å². The summed E-state index contributed by atoms with van der Waals surface area (Å²) in [6.07, 6.45) is 0. The maximum Gasteiger partial charge on any atom is 0.226 e. The molecule has 0 atom stereocenters. The average Bonchev–Trinajstić information content (AvgIpc) is 1.94. The van der Waals surface area contributed by atoms with Gasteiger partial charge in [0.1, 0.15) is 5.75 Å². The highest BCUT2D eigenvalue weighted by Gasteiger charge is 2.06. The Hall–Kier alpha value is -0.580. The molecule has 1 aromatic rings. The van der Waals surface area contributed by atoms with Gasteiger partial charge in [0.25, 0.3) is 0 Å². The lowest BCUT2D eigenvalue weighted by Gasteiger charge is -1.99. The van der Waals surface area contributed by atoms with E-state index < -0.39 is 0 Å². The third-order valence-corrected chi connectivity index (χ3v) is 1.94. The normalized spacial score (nSPS) is 9.64. The zero-order valence-electron chi connectivity index (χ0n) is 5.97. The predicted molar refractivity (Wildman–Crippen MR) is 51.2 cm³/mol. The first kappa shape index (κ1) is 8.52. The number of halogens is 1. The Kier molecular flexibility index (Phi) is 2.49. The maximum atomic E-state index is 10.8. The summed E-state index contributed by atoms with van der Waals surface area (Å²) in [5.41, 5.74) is 1.36. The van der Waals surface area contributed by atoms with Gasteiger partial charge in [-0.3, -0.25) is 4.79 Å². The summed E-state index contributed by atoms with van der Waals surface area (Å²) in [4.78, 5) is 10.8. The topological polar surface area (TPSA) is 37.3 Å². The van der Waals surface area contributed by atoms with Crippen molar-refractivity contribution < 1.29 is 9.90 Å². The smallest absolute Gasteiger partial charge is 0.226 e. The number of phenols is 1. The van der Waals surface area contributed by atoms with Gasteiger partial charge in [-0.25, -0.2) is 0 Å². The predicted octanol–water partition coefficient (Wildman–Crippen LogP) is 2.28. The van der Waals surface area contributed by atoms with Crippen molar-refractivity contribution in [3.05, 3.63) is 29.3 Å². The van der Waals surface area contributed by atoms with Gasteiger partial charge in [-0.2, -0.15) is 0 Å². The molecule has 0 amide bonds. The number of carbonyl (C=O) groups is 1. The highest BCUT2D eigenvalue weighted by atomic mass is 127. The Morgan fingerprint density at radius 2 is 2.18 bits per heavy atom. The minimum atomic E-state index is -0.135. The molecule has 11 heavy (non-hydrogen) atoms. The van der Waals surface area contributed by atoms with Gasteiger partial charge in [0, 0.05) is 22.6 Å². The molecule has 0 fully saturated rings. The fraction of sp³-hybridized carbons (Fsp3) is 0.125. The molecule has 0 radical (unpaired) electrons. The van der Waals surface area contributed by atoms with Gasteiger partial charge in [0.05, 0.1) is 5.56 Å². The molecule has 0 aliphatic heterocycles. The van der Waals surface area contributed by atoms with E-state index >= 15 is 0 Å². The van der Waals surface area contributed by atoms with E-state index in [1.54, 1.807) is 34.7 Å². The molecule has 0 saturated heterocycles. The summed E-state index contributed by atoms with van der Waals surface area (Å²) in [5.74, 6) is 0.0509. The Morgan fingerprint density at radius 1 is 1.55 bits per heavy atom. The molecule has 0 aliphatic carbocycles. The van der Waals surface area contributed by atoms with Gasteiger partial charge < -0.3 is 5.11 Å². The highest BCUT2D eigenvalue weighted by molar-refractivity contribution is 14.1. The molecule has 1 aromatic carbocycles. The van der Waals surface area contributed by atoms with Crippen LogP contribution in [0.15, 0.2) is 18.2 Å². The Morgan fingerprint density at radius 3 is 2.64 bits per heavy atom. The standard InChI is InChI=1S/C8H7IO2/c1-5-2-3-7(10)6(4-5)8(9)11/h2-4,10H,1H3. The van der Waals surface area contributed by atoms with Crippen LogP contribution in [0.4, 0.5) is 0 Å². The van der Waals surface area contributed by atoms with E-state index in [0.29, 0.717) is 5.56 Å². The fourth-order valence-corrected chi connectivity index (χ4v) is 1.24. The molecule has 3 heteroatoms. The molecule has 1 rings (SSSR count). The summed E-state index contributed by atoms with van der Waals surface area (Å²) in [5, 5.41) is 9.18. The average molecular weight is 262 g/mol. The molecule has 0 bridgehead atoms. The SMILES string of the molecule is Cc1ccc(O)c(C(=O)I)c1. The summed E-state index contributed by atoms with van der Waals surface area (Å²) in [6.45, 7) is 1.88. The molecule has 58 valence electrons. The number of hydrogen-bond donors (Lipinski definition) is 1. The van der Waals surface area contributed by atoms with Crippen molar-refractivity contribution in [2.45, 2.75) is 6.92 Å². The van der Waals surface area contributed by atoms with Crippen molar-refractivity contribution in [2.75, 3.05) is 0 Å². The third kappa shape index (κ3) is 1.92. The lowest BCUT2D eigenvalue weighted by Crippen LogP contribution is -1.88. The fourth-order valence-electron chi connectivity index (χ4n) is 0.807. The highest BCUT2D eigenvalue weighted by Crippen LogP contribution is 2.20. The Bertz CT molecular complexity index is 294. The van der Waals surface area contributed by atoms with Crippen molar-refractivity contribution in [2.24, 2.45) is 0 Å². The van der Waals surface area contributed by atoms with E-state index in [-0.39, 0.29) is 9.54 Å². The van der Waals surface area contributed by atoms with Crippen molar-refractivity contribution in [3.8, 4) is 5.75 Å². The van der Waals surface area contributed by atoms with E-state index in [9.17, 15) is 9.90 Å². The number of hydrogen-bond acceptors (Lipinski definition) is 2. The first-order chi connectivity index (χ1) is 5.11. The number of carbonyl (C=O) groups excluding carboxylic acids is 1. The van der Waals surface area contributed by atoms with Crippen LogP contribution < -0.4 is 0 Å². The van der Waals surface area contributed by atoms with Crippen LogP contribution in [0.5, 0.6) is 5.75 Å². The summed E-state index contributed by atoms with van der Waals surface area (Å²) >= 11 is 1.65. The van der Waals surface area contributed by atoms with Crippen LogP contribution in [0.3, 0.4) is 0 Å². The van der Waals surface area contributed by atoms with Gasteiger partial charge in [-0.05, 0) is 19.1 Å².